The monoisotopic (exact) mass is 198 g/mol. The summed E-state index contributed by atoms with van der Waals surface area (Å²) in [5.41, 5.74) is 0. The van der Waals surface area contributed by atoms with E-state index in [9.17, 15) is 9.59 Å². The van der Waals surface area contributed by atoms with Gasteiger partial charge in [0.1, 0.15) is 0 Å². The fourth-order valence-electron chi connectivity index (χ4n) is 0.464. The van der Waals surface area contributed by atoms with Gasteiger partial charge in [-0.25, -0.2) is 4.79 Å². The molecule has 3 nitrogen and oxygen atoms in total. The highest BCUT2D eigenvalue weighted by Gasteiger charge is 2.41. The van der Waals surface area contributed by atoms with Crippen molar-refractivity contribution < 1.29 is 14.3 Å². The van der Waals surface area contributed by atoms with Crippen molar-refractivity contribution in [1.29, 1.82) is 0 Å². The van der Waals surface area contributed by atoms with E-state index < -0.39 is 16.1 Å². The summed E-state index contributed by atoms with van der Waals surface area (Å²) < 4.78 is 2.18. The molecule has 0 aliphatic carbocycles. The van der Waals surface area contributed by atoms with Crippen molar-refractivity contribution >= 4 is 35.0 Å². The van der Waals surface area contributed by atoms with Crippen molar-refractivity contribution in [3.8, 4) is 0 Å². The summed E-state index contributed by atoms with van der Waals surface area (Å²) in [4.78, 5) is 21.6. The van der Waals surface area contributed by atoms with Gasteiger partial charge in [0.15, 0.2) is 5.78 Å². The number of halogens is 2. The van der Waals surface area contributed by atoms with Gasteiger partial charge in [0, 0.05) is 6.42 Å². The van der Waals surface area contributed by atoms with Crippen molar-refractivity contribution in [2.45, 2.75) is 17.7 Å². The van der Waals surface area contributed by atoms with Crippen LogP contribution in [0.15, 0.2) is 0 Å². The van der Waals surface area contributed by atoms with Crippen molar-refractivity contribution in [2.75, 3.05) is 7.11 Å². The summed E-state index contributed by atoms with van der Waals surface area (Å²) in [5, 5.41) is 0. The molecule has 64 valence electrons. The van der Waals surface area contributed by atoms with Crippen LogP contribution < -0.4 is 0 Å². The van der Waals surface area contributed by atoms with E-state index in [-0.39, 0.29) is 6.42 Å². The molecule has 11 heavy (non-hydrogen) atoms. The van der Waals surface area contributed by atoms with Crippen molar-refractivity contribution in [3.63, 3.8) is 0 Å². The first-order valence-corrected chi connectivity index (χ1v) is 3.72. The Kier molecular flexibility index (Phi) is 3.83. The summed E-state index contributed by atoms with van der Waals surface area (Å²) in [6.45, 7) is 1.56. The number of esters is 1. The van der Waals surface area contributed by atoms with Crippen molar-refractivity contribution in [3.05, 3.63) is 0 Å². The Labute approximate surface area is 74.6 Å². The highest BCUT2D eigenvalue weighted by atomic mass is 35.5. The zero-order valence-corrected chi connectivity index (χ0v) is 7.70. The highest BCUT2D eigenvalue weighted by molar-refractivity contribution is 6.67. The maximum Gasteiger partial charge on any atom is 0.350 e. The van der Waals surface area contributed by atoms with E-state index in [4.69, 9.17) is 23.2 Å². The lowest BCUT2D eigenvalue weighted by Gasteiger charge is -2.13. The number of ether oxygens (including phenoxy) is 1. The van der Waals surface area contributed by atoms with E-state index in [0.29, 0.717) is 0 Å². The Hall–Kier alpha value is -0.280. The van der Waals surface area contributed by atoms with E-state index in [1.807, 2.05) is 0 Å². The zero-order valence-electron chi connectivity index (χ0n) is 6.19. The fraction of sp³-hybridized carbons (Fsp3) is 0.667. The molecule has 0 N–H and O–H groups in total. The molecular weight excluding hydrogens is 191 g/mol. The van der Waals surface area contributed by atoms with Gasteiger partial charge in [-0.05, 0) is 0 Å². The minimum absolute atomic E-state index is 0.0993. The highest BCUT2D eigenvalue weighted by Crippen LogP contribution is 2.24. The van der Waals surface area contributed by atoms with E-state index in [1.165, 1.54) is 0 Å². The first-order valence-electron chi connectivity index (χ1n) is 2.96. The largest absolute Gasteiger partial charge is 0.466 e. The summed E-state index contributed by atoms with van der Waals surface area (Å²) in [7, 11) is 1.12. The summed E-state index contributed by atoms with van der Waals surface area (Å²) in [6, 6.07) is 0. The molecule has 0 saturated carbocycles. The quantitative estimate of drug-likeness (QED) is 0.391. The van der Waals surface area contributed by atoms with Crippen LogP contribution in [-0.4, -0.2) is 23.2 Å². The van der Waals surface area contributed by atoms with Crippen LogP contribution >= 0.6 is 23.2 Å². The topological polar surface area (TPSA) is 43.4 Å². The average Bonchev–Trinajstić information content (AvgIpc) is 2.01. The lowest BCUT2D eigenvalue weighted by atomic mass is 10.2. The maximum atomic E-state index is 10.9. The predicted octanol–water partition coefficient (Wildman–Crippen LogP) is 1.31. The summed E-state index contributed by atoms with van der Waals surface area (Å²) in [6.07, 6.45) is 0.0993. The second-order valence-electron chi connectivity index (χ2n) is 1.84. The van der Waals surface area contributed by atoms with Crippen molar-refractivity contribution in [2.24, 2.45) is 0 Å². The third kappa shape index (κ3) is 2.34. The molecule has 5 heteroatoms. The van der Waals surface area contributed by atoms with Crippen LogP contribution in [0.25, 0.3) is 0 Å². The summed E-state index contributed by atoms with van der Waals surface area (Å²) in [5.74, 6) is -1.50. The predicted molar refractivity (Wildman–Crippen MR) is 41.8 cm³/mol. The van der Waals surface area contributed by atoms with Crippen LogP contribution in [-0.2, 0) is 14.3 Å². The van der Waals surface area contributed by atoms with Gasteiger partial charge < -0.3 is 4.74 Å². The van der Waals surface area contributed by atoms with Gasteiger partial charge in [-0.3, -0.25) is 4.79 Å². The Balaban J connectivity index is 4.44. The number of hydrogen-bond donors (Lipinski definition) is 0. The number of ketones is 1. The molecule has 0 aromatic rings. The lowest BCUT2D eigenvalue weighted by molar-refractivity contribution is -0.144. The minimum Gasteiger partial charge on any atom is -0.466 e. The van der Waals surface area contributed by atoms with Gasteiger partial charge in [0.25, 0.3) is 4.33 Å². The van der Waals surface area contributed by atoms with E-state index in [2.05, 4.69) is 4.74 Å². The second-order valence-corrected chi connectivity index (χ2v) is 3.17. The van der Waals surface area contributed by atoms with Crippen molar-refractivity contribution in [1.82, 2.24) is 0 Å². The van der Waals surface area contributed by atoms with Crippen LogP contribution in [0.4, 0.5) is 0 Å². The molecule has 0 unspecified atom stereocenters. The molecule has 0 rings (SSSR count). The van der Waals surface area contributed by atoms with Crippen LogP contribution in [0.3, 0.4) is 0 Å². The number of alkyl halides is 2. The Morgan fingerprint density at radius 1 is 1.45 bits per heavy atom. The maximum absolute atomic E-state index is 10.9. The molecule has 0 heterocycles. The van der Waals surface area contributed by atoms with Crippen LogP contribution in [0, 0.1) is 0 Å². The Morgan fingerprint density at radius 2 is 1.91 bits per heavy atom. The molecule has 0 radical (unpaired) electrons. The van der Waals surface area contributed by atoms with Crippen LogP contribution in [0.1, 0.15) is 13.3 Å². The number of hydrogen-bond acceptors (Lipinski definition) is 3. The van der Waals surface area contributed by atoms with Gasteiger partial charge in [0.2, 0.25) is 0 Å². The lowest BCUT2D eigenvalue weighted by Crippen LogP contribution is -2.36. The second kappa shape index (κ2) is 3.93. The number of carbonyl (C=O) groups is 2. The third-order valence-corrected chi connectivity index (χ3v) is 1.84. The molecule has 0 amide bonds. The van der Waals surface area contributed by atoms with E-state index in [0.717, 1.165) is 7.11 Å². The van der Waals surface area contributed by atoms with E-state index in [1.54, 1.807) is 6.92 Å². The number of methoxy groups -OCH3 is 1. The van der Waals surface area contributed by atoms with Crippen LogP contribution in [0.5, 0.6) is 0 Å². The Bertz CT molecular complexity index is 159. The normalized spacial score (nSPS) is 10.9. The van der Waals surface area contributed by atoms with Gasteiger partial charge >= 0.3 is 5.97 Å². The SMILES string of the molecule is CCC(=O)C(Cl)(Cl)C(=O)OC. The van der Waals surface area contributed by atoms with Gasteiger partial charge in [-0.1, -0.05) is 30.1 Å². The molecule has 0 aromatic heterocycles. The minimum atomic E-state index is -2.04. The molecular formula is C6H8Cl2O3. The first kappa shape index (κ1) is 10.7. The smallest absolute Gasteiger partial charge is 0.350 e. The Morgan fingerprint density at radius 3 is 2.18 bits per heavy atom. The number of carbonyl (C=O) groups excluding carboxylic acids is 2. The third-order valence-electron chi connectivity index (χ3n) is 1.11. The summed E-state index contributed by atoms with van der Waals surface area (Å²) >= 11 is 10.8. The average molecular weight is 199 g/mol. The van der Waals surface area contributed by atoms with Gasteiger partial charge in [-0.2, -0.15) is 0 Å². The first-order chi connectivity index (χ1) is 4.96. The zero-order chi connectivity index (χ0) is 9.07. The molecule has 0 saturated heterocycles. The fourth-order valence-corrected chi connectivity index (χ4v) is 0.886. The molecule has 0 bridgehead atoms. The standard InChI is InChI=1S/C6H8Cl2O3/c1-3-4(9)6(7,8)5(10)11-2/h3H2,1-2H3. The number of rotatable bonds is 3. The molecule has 0 spiro atoms. The molecule has 0 aromatic carbocycles. The van der Waals surface area contributed by atoms with Gasteiger partial charge in [-0.15, -0.1) is 0 Å². The number of Topliss-reactive ketones (excluding diaryl/α,β-unsaturated/α-hetero) is 1. The molecule has 0 atom stereocenters. The van der Waals surface area contributed by atoms with Crippen LogP contribution in [0.2, 0.25) is 0 Å². The molecule has 0 fully saturated rings. The van der Waals surface area contributed by atoms with Gasteiger partial charge in [0.05, 0.1) is 7.11 Å². The molecule has 0 aliphatic rings. The molecule has 0 aliphatic heterocycles. The van der Waals surface area contributed by atoms with E-state index >= 15 is 0 Å².